The second-order valence-corrected chi connectivity index (χ2v) is 6.41. The van der Waals surface area contributed by atoms with Crippen LogP contribution < -0.4 is 20.1 Å². The molecule has 0 radical (unpaired) electrons. The first-order valence-electron chi connectivity index (χ1n) is 9.19. The molecular weight excluding hydrogens is 332 g/mol. The van der Waals surface area contributed by atoms with E-state index in [1.165, 1.54) is 0 Å². The molecule has 26 heavy (non-hydrogen) atoms. The van der Waals surface area contributed by atoms with Gasteiger partial charge in [0, 0.05) is 32.2 Å². The Kier molecular flexibility index (Phi) is 8.50. The van der Waals surface area contributed by atoms with E-state index in [4.69, 9.17) is 14.2 Å². The Morgan fingerprint density at radius 3 is 2.69 bits per heavy atom. The Balaban J connectivity index is 1.65. The number of benzene rings is 1. The molecule has 0 bridgehead atoms. The fourth-order valence-electron chi connectivity index (χ4n) is 2.99. The number of guanidine groups is 1. The molecule has 2 rings (SSSR count). The minimum absolute atomic E-state index is 0.419. The molecule has 1 aromatic carbocycles. The summed E-state index contributed by atoms with van der Waals surface area (Å²) in [4.78, 5) is 6.74. The maximum absolute atomic E-state index is 5.71. The van der Waals surface area contributed by atoms with Crippen LogP contribution in [0.2, 0.25) is 0 Å². The summed E-state index contributed by atoms with van der Waals surface area (Å²) in [5.41, 5.74) is 0. The van der Waals surface area contributed by atoms with Crippen molar-refractivity contribution in [3.63, 3.8) is 0 Å². The summed E-state index contributed by atoms with van der Waals surface area (Å²) in [5.74, 6) is 2.44. The molecule has 0 aromatic heterocycles. The van der Waals surface area contributed by atoms with Crippen molar-refractivity contribution < 1.29 is 14.2 Å². The van der Waals surface area contributed by atoms with E-state index in [0.717, 1.165) is 43.8 Å². The second kappa shape index (κ2) is 10.9. The van der Waals surface area contributed by atoms with Crippen molar-refractivity contribution in [1.29, 1.82) is 0 Å². The van der Waals surface area contributed by atoms with E-state index >= 15 is 0 Å². The lowest BCUT2D eigenvalue weighted by Gasteiger charge is -2.38. The highest BCUT2D eigenvalue weighted by molar-refractivity contribution is 5.79. The Morgan fingerprint density at radius 1 is 1.31 bits per heavy atom. The lowest BCUT2D eigenvalue weighted by molar-refractivity contribution is -0.0174. The fraction of sp³-hybridized carbons (Fsp3) is 0.632. The number of hydrogen-bond donors (Lipinski definition) is 2. The molecule has 146 valence electrons. The first kappa shape index (κ1) is 20.3. The summed E-state index contributed by atoms with van der Waals surface area (Å²) in [6, 6.07) is 8.44. The lowest BCUT2D eigenvalue weighted by Crippen LogP contribution is -2.53. The van der Waals surface area contributed by atoms with Gasteiger partial charge in [-0.25, -0.2) is 0 Å². The van der Waals surface area contributed by atoms with Crippen molar-refractivity contribution in [2.75, 3.05) is 53.6 Å². The summed E-state index contributed by atoms with van der Waals surface area (Å²) in [7, 11) is 3.43. The quantitative estimate of drug-likeness (QED) is 0.412. The number of nitrogens with zero attached hydrogens (tertiary/aromatic N) is 2. The lowest BCUT2D eigenvalue weighted by atomic mass is 10.2. The van der Waals surface area contributed by atoms with E-state index in [-0.39, 0.29) is 0 Å². The number of ether oxygens (including phenoxy) is 3. The van der Waals surface area contributed by atoms with Gasteiger partial charge in [-0.3, -0.25) is 9.89 Å². The molecule has 0 aliphatic carbocycles. The van der Waals surface area contributed by atoms with Crippen molar-refractivity contribution in [2.45, 2.75) is 25.9 Å². The number of nitrogens with one attached hydrogen (secondary N) is 2. The van der Waals surface area contributed by atoms with Gasteiger partial charge in [0.1, 0.15) is 18.1 Å². The summed E-state index contributed by atoms with van der Waals surface area (Å²) < 4.78 is 16.4. The zero-order valence-electron chi connectivity index (χ0n) is 16.3. The van der Waals surface area contributed by atoms with Gasteiger partial charge in [-0.15, -0.1) is 0 Å². The summed E-state index contributed by atoms with van der Waals surface area (Å²) in [6.07, 6.45) is 0. The fourth-order valence-corrected chi connectivity index (χ4v) is 2.99. The van der Waals surface area contributed by atoms with Crippen molar-refractivity contribution in [1.82, 2.24) is 15.5 Å². The number of hydrogen-bond acceptors (Lipinski definition) is 5. The minimum atomic E-state index is 0.419. The minimum Gasteiger partial charge on any atom is -0.497 e. The average Bonchev–Trinajstić information content (AvgIpc) is 2.68. The molecular formula is C19H32N4O3. The van der Waals surface area contributed by atoms with Gasteiger partial charge in [0.15, 0.2) is 5.96 Å². The number of rotatable bonds is 8. The van der Waals surface area contributed by atoms with Gasteiger partial charge in [-0.2, -0.15) is 0 Å². The van der Waals surface area contributed by atoms with Crippen LogP contribution in [0.3, 0.4) is 0 Å². The van der Waals surface area contributed by atoms with Gasteiger partial charge in [0.25, 0.3) is 0 Å². The molecule has 0 saturated carbocycles. The van der Waals surface area contributed by atoms with Crippen LogP contribution in [0.4, 0.5) is 0 Å². The molecule has 0 amide bonds. The summed E-state index contributed by atoms with van der Waals surface area (Å²) in [5, 5.41) is 6.66. The SMILES string of the molecule is CN=C(NCCOc1ccc(OC)cc1)NCC(C)N1CCOCC1C. The highest BCUT2D eigenvalue weighted by Crippen LogP contribution is 2.16. The van der Waals surface area contributed by atoms with Crippen LogP contribution >= 0.6 is 0 Å². The Bertz CT molecular complexity index is 550. The topological polar surface area (TPSA) is 67.4 Å². The van der Waals surface area contributed by atoms with E-state index < -0.39 is 0 Å². The molecule has 1 fully saturated rings. The van der Waals surface area contributed by atoms with Crippen LogP contribution in [0.5, 0.6) is 11.5 Å². The molecule has 1 heterocycles. The van der Waals surface area contributed by atoms with Gasteiger partial charge in [0.05, 0.1) is 26.9 Å². The summed E-state index contributed by atoms with van der Waals surface area (Å²) >= 11 is 0. The molecule has 7 heteroatoms. The molecule has 2 N–H and O–H groups in total. The third-order valence-corrected chi connectivity index (χ3v) is 4.50. The second-order valence-electron chi connectivity index (χ2n) is 6.41. The molecule has 7 nitrogen and oxygen atoms in total. The molecule has 2 unspecified atom stereocenters. The molecule has 1 saturated heterocycles. The molecule has 1 aromatic rings. The largest absolute Gasteiger partial charge is 0.497 e. The van der Waals surface area contributed by atoms with Crippen LogP contribution in [-0.2, 0) is 4.74 Å². The molecule has 2 atom stereocenters. The number of morpholine rings is 1. The standard InChI is InChI=1S/C19H32N4O3/c1-15(23-10-12-25-14-16(23)2)13-22-19(20-3)21-9-11-26-18-7-5-17(24-4)6-8-18/h5-8,15-16H,9-14H2,1-4H3,(H2,20,21,22). The monoisotopic (exact) mass is 364 g/mol. The molecule has 0 spiro atoms. The third-order valence-electron chi connectivity index (χ3n) is 4.50. The predicted molar refractivity (Wildman–Crippen MR) is 104 cm³/mol. The normalized spacial score (nSPS) is 19.7. The van der Waals surface area contributed by atoms with E-state index in [9.17, 15) is 0 Å². The summed E-state index contributed by atoms with van der Waals surface area (Å²) in [6.45, 7) is 9.10. The maximum Gasteiger partial charge on any atom is 0.191 e. The molecule has 1 aliphatic heterocycles. The van der Waals surface area contributed by atoms with Crippen molar-refractivity contribution in [2.24, 2.45) is 4.99 Å². The van der Waals surface area contributed by atoms with E-state index in [0.29, 0.717) is 25.2 Å². The van der Waals surface area contributed by atoms with E-state index in [2.05, 4.69) is 34.4 Å². The average molecular weight is 364 g/mol. The predicted octanol–water partition coefficient (Wildman–Crippen LogP) is 1.35. The zero-order chi connectivity index (χ0) is 18.8. The van der Waals surface area contributed by atoms with Crippen LogP contribution in [0, 0.1) is 0 Å². The van der Waals surface area contributed by atoms with Gasteiger partial charge in [-0.1, -0.05) is 0 Å². The third kappa shape index (κ3) is 6.38. The highest BCUT2D eigenvalue weighted by atomic mass is 16.5. The van der Waals surface area contributed by atoms with Crippen molar-refractivity contribution in [3.05, 3.63) is 24.3 Å². The van der Waals surface area contributed by atoms with Gasteiger partial charge >= 0.3 is 0 Å². The smallest absolute Gasteiger partial charge is 0.191 e. The van der Waals surface area contributed by atoms with Crippen LogP contribution in [0.1, 0.15) is 13.8 Å². The van der Waals surface area contributed by atoms with E-state index in [1.807, 2.05) is 24.3 Å². The first-order chi connectivity index (χ1) is 12.6. The highest BCUT2D eigenvalue weighted by Gasteiger charge is 2.23. The van der Waals surface area contributed by atoms with Crippen LogP contribution in [0.25, 0.3) is 0 Å². The van der Waals surface area contributed by atoms with Crippen molar-refractivity contribution >= 4 is 5.96 Å². The van der Waals surface area contributed by atoms with E-state index in [1.54, 1.807) is 14.2 Å². The maximum atomic E-state index is 5.71. The Labute approximate surface area is 156 Å². The van der Waals surface area contributed by atoms with Crippen LogP contribution in [-0.4, -0.2) is 76.6 Å². The van der Waals surface area contributed by atoms with Gasteiger partial charge in [-0.05, 0) is 38.1 Å². The Morgan fingerprint density at radius 2 is 2.04 bits per heavy atom. The Hall–Kier alpha value is -1.99. The first-order valence-corrected chi connectivity index (χ1v) is 9.19. The van der Waals surface area contributed by atoms with Crippen LogP contribution in [0.15, 0.2) is 29.3 Å². The molecule has 1 aliphatic rings. The van der Waals surface area contributed by atoms with Gasteiger partial charge in [0.2, 0.25) is 0 Å². The zero-order valence-corrected chi connectivity index (χ0v) is 16.3. The number of aliphatic imine (C=N–C) groups is 1. The van der Waals surface area contributed by atoms with Gasteiger partial charge < -0.3 is 24.8 Å². The number of methoxy groups -OCH3 is 1. The van der Waals surface area contributed by atoms with Crippen molar-refractivity contribution in [3.8, 4) is 11.5 Å².